The standard InChI is InChI=1S/C9H11ClN2/c1-6-3-4-7(9(10)11)8(5-6)12-2/h3-5,11-12H,1-2H3. The molecule has 1 aromatic carbocycles. The minimum atomic E-state index is 0.0688. The van der Waals surface area contributed by atoms with E-state index in [2.05, 4.69) is 5.32 Å². The lowest BCUT2D eigenvalue weighted by molar-refractivity contribution is 1.41. The van der Waals surface area contributed by atoms with Crippen molar-refractivity contribution in [3.05, 3.63) is 29.3 Å². The number of nitrogens with one attached hydrogen (secondary N) is 2. The maximum absolute atomic E-state index is 7.28. The molecule has 3 heteroatoms. The van der Waals surface area contributed by atoms with Crippen LogP contribution in [0.2, 0.25) is 0 Å². The van der Waals surface area contributed by atoms with Crippen LogP contribution in [0.25, 0.3) is 0 Å². The quantitative estimate of drug-likeness (QED) is 0.678. The number of hydrogen-bond donors (Lipinski definition) is 2. The zero-order valence-electron chi connectivity index (χ0n) is 7.11. The van der Waals surface area contributed by atoms with Gasteiger partial charge in [-0.3, -0.25) is 5.41 Å². The predicted octanol–water partition coefficient (Wildman–Crippen LogP) is 2.60. The van der Waals surface area contributed by atoms with E-state index in [1.165, 1.54) is 0 Å². The molecule has 0 unspecified atom stereocenters. The summed E-state index contributed by atoms with van der Waals surface area (Å²) in [5.41, 5.74) is 2.79. The molecule has 2 nitrogen and oxygen atoms in total. The minimum Gasteiger partial charge on any atom is -0.388 e. The second kappa shape index (κ2) is 3.59. The van der Waals surface area contributed by atoms with Crippen LogP contribution in [-0.2, 0) is 0 Å². The molecule has 0 spiro atoms. The van der Waals surface area contributed by atoms with E-state index in [1.807, 2.05) is 32.2 Å². The van der Waals surface area contributed by atoms with Crippen molar-refractivity contribution in [3.63, 3.8) is 0 Å². The van der Waals surface area contributed by atoms with Crippen LogP contribution < -0.4 is 5.32 Å². The number of rotatable bonds is 2. The van der Waals surface area contributed by atoms with Crippen LogP contribution in [0.3, 0.4) is 0 Å². The SMILES string of the molecule is CNc1cc(C)ccc1C(=N)Cl. The largest absolute Gasteiger partial charge is 0.388 e. The third-order valence-corrected chi connectivity index (χ3v) is 1.88. The molecular formula is C9H11ClN2. The summed E-state index contributed by atoms with van der Waals surface area (Å²) in [6.07, 6.45) is 0. The number of aryl methyl sites for hydroxylation is 1. The minimum absolute atomic E-state index is 0.0688. The van der Waals surface area contributed by atoms with E-state index in [4.69, 9.17) is 17.0 Å². The highest BCUT2D eigenvalue weighted by Crippen LogP contribution is 2.18. The summed E-state index contributed by atoms with van der Waals surface area (Å²) in [5, 5.41) is 10.3. The van der Waals surface area contributed by atoms with Crippen molar-refractivity contribution in [2.24, 2.45) is 0 Å². The Labute approximate surface area is 77.1 Å². The van der Waals surface area contributed by atoms with Crippen molar-refractivity contribution in [2.75, 3.05) is 12.4 Å². The molecule has 0 aromatic heterocycles. The van der Waals surface area contributed by atoms with Gasteiger partial charge in [0.15, 0.2) is 0 Å². The third-order valence-electron chi connectivity index (χ3n) is 1.68. The Bertz CT molecular complexity index is 307. The summed E-state index contributed by atoms with van der Waals surface area (Å²) in [6, 6.07) is 5.75. The molecule has 1 rings (SSSR count). The van der Waals surface area contributed by atoms with Gasteiger partial charge in [-0.2, -0.15) is 0 Å². The van der Waals surface area contributed by atoms with Crippen LogP contribution in [0.15, 0.2) is 18.2 Å². The fraction of sp³-hybridized carbons (Fsp3) is 0.222. The fourth-order valence-corrected chi connectivity index (χ4v) is 1.22. The van der Waals surface area contributed by atoms with Crippen molar-refractivity contribution >= 4 is 22.5 Å². The van der Waals surface area contributed by atoms with E-state index in [0.29, 0.717) is 0 Å². The van der Waals surface area contributed by atoms with E-state index >= 15 is 0 Å². The van der Waals surface area contributed by atoms with Crippen LogP contribution >= 0.6 is 11.6 Å². The van der Waals surface area contributed by atoms with Crippen LogP contribution in [0, 0.1) is 12.3 Å². The summed E-state index contributed by atoms with van der Waals surface area (Å²) in [7, 11) is 1.82. The summed E-state index contributed by atoms with van der Waals surface area (Å²) in [4.78, 5) is 0. The number of halogens is 1. The van der Waals surface area contributed by atoms with Crippen LogP contribution in [0.4, 0.5) is 5.69 Å². The van der Waals surface area contributed by atoms with E-state index in [1.54, 1.807) is 0 Å². The first kappa shape index (κ1) is 9.07. The fourth-order valence-electron chi connectivity index (χ4n) is 1.06. The molecule has 0 saturated heterocycles. The lowest BCUT2D eigenvalue weighted by Crippen LogP contribution is -1.98. The van der Waals surface area contributed by atoms with Gasteiger partial charge in [-0.15, -0.1) is 0 Å². The smallest absolute Gasteiger partial charge is 0.130 e. The number of benzene rings is 1. The van der Waals surface area contributed by atoms with Crippen LogP contribution in [-0.4, -0.2) is 12.2 Å². The third kappa shape index (κ3) is 1.77. The zero-order chi connectivity index (χ0) is 9.14. The van der Waals surface area contributed by atoms with Gasteiger partial charge in [0, 0.05) is 18.3 Å². The lowest BCUT2D eigenvalue weighted by atomic mass is 10.1. The van der Waals surface area contributed by atoms with Gasteiger partial charge in [-0.1, -0.05) is 17.7 Å². The zero-order valence-corrected chi connectivity index (χ0v) is 7.87. The molecule has 2 N–H and O–H groups in total. The van der Waals surface area contributed by atoms with Gasteiger partial charge in [-0.05, 0) is 24.6 Å². The van der Waals surface area contributed by atoms with Crippen molar-refractivity contribution in [3.8, 4) is 0 Å². The molecular weight excluding hydrogens is 172 g/mol. The molecule has 0 aliphatic rings. The molecule has 0 atom stereocenters. The molecule has 12 heavy (non-hydrogen) atoms. The second-order valence-corrected chi connectivity index (χ2v) is 2.99. The molecule has 0 radical (unpaired) electrons. The highest BCUT2D eigenvalue weighted by atomic mass is 35.5. The Morgan fingerprint density at radius 3 is 2.67 bits per heavy atom. The Kier molecular flexibility index (Phi) is 2.71. The molecule has 0 amide bonds. The van der Waals surface area contributed by atoms with Gasteiger partial charge in [0.25, 0.3) is 0 Å². The maximum atomic E-state index is 7.28. The van der Waals surface area contributed by atoms with Gasteiger partial charge in [0.1, 0.15) is 5.17 Å². The van der Waals surface area contributed by atoms with E-state index in [9.17, 15) is 0 Å². The van der Waals surface area contributed by atoms with Gasteiger partial charge in [0.05, 0.1) is 0 Å². The maximum Gasteiger partial charge on any atom is 0.130 e. The number of hydrogen-bond acceptors (Lipinski definition) is 2. The first-order chi connectivity index (χ1) is 5.65. The van der Waals surface area contributed by atoms with Gasteiger partial charge < -0.3 is 5.32 Å². The molecule has 0 aliphatic carbocycles. The Hall–Kier alpha value is -1.02. The van der Waals surface area contributed by atoms with Crippen LogP contribution in [0.1, 0.15) is 11.1 Å². The summed E-state index contributed by atoms with van der Waals surface area (Å²) >= 11 is 5.58. The topological polar surface area (TPSA) is 35.9 Å². The van der Waals surface area contributed by atoms with E-state index in [0.717, 1.165) is 16.8 Å². The van der Waals surface area contributed by atoms with Gasteiger partial charge in [0.2, 0.25) is 0 Å². The second-order valence-electron chi connectivity index (χ2n) is 2.61. The predicted molar refractivity (Wildman–Crippen MR) is 53.4 cm³/mol. The van der Waals surface area contributed by atoms with Crippen molar-refractivity contribution < 1.29 is 0 Å². The van der Waals surface area contributed by atoms with Gasteiger partial charge in [-0.25, -0.2) is 0 Å². The van der Waals surface area contributed by atoms with Crippen molar-refractivity contribution in [1.82, 2.24) is 0 Å². The monoisotopic (exact) mass is 182 g/mol. The number of anilines is 1. The Morgan fingerprint density at radius 1 is 1.50 bits per heavy atom. The molecule has 1 aromatic rings. The Morgan fingerprint density at radius 2 is 2.17 bits per heavy atom. The first-order valence-corrected chi connectivity index (χ1v) is 4.05. The van der Waals surface area contributed by atoms with Crippen LogP contribution in [0.5, 0.6) is 0 Å². The lowest BCUT2D eigenvalue weighted by Gasteiger charge is -2.06. The summed E-state index contributed by atoms with van der Waals surface area (Å²) in [6.45, 7) is 2.00. The summed E-state index contributed by atoms with van der Waals surface area (Å²) in [5.74, 6) is 0. The average molecular weight is 183 g/mol. The normalized spacial score (nSPS) is 9.58. The molecule has 0 heterocycles. The molecule has 0 aliphatic heterocycles. The van der Waals surface area contributed by atoms with Gasteiger partial charge >= 0.3 is 0 Å². The first-order valence-electron chi connectivity index (χ1n) is 3.68. The molecule has 0 saturated carbocycles. The van der Waals surface area contributed by atoms with E-state index in [-0.39, 0.29) is 5.17 Å². The Balaban J connectivity index is 3.20. The van der Waals surface area contributed by atoms with Crippen molar-refractivity contribution in [1.29, 1.82) is 5.41 Å². The van der Waals surface area contributed by atoms with E-state index < -0.39 is 0 Å². The average Bonchev–Trinajstić information content (AvgIpc) is 2.03. The van der Waals surface area contributed by atoms with Crippen molar-refractivity contribution in [2.45, 2.75) is 6.92 Å². The highest BCUT2D eigenvalue weighted by Gasteiger charge is 2.03. The molecule has 0 bridgehead atoms. The highest BCUT2D eigenvalue weighted by molar-refractivity contribution is 6.69. The molecule has 0 fully saturated rings. The molecule has 64 valence electrons. The summed E-state index contributed by atoms with van der Waals surface area (Å²) < 4.78 is 0.